The molecule has 2 atom stereocenters. The molecule has 0 spiro atoms. The van der Waals surface area contributed by atoms with Crippen LogP contribution in [0.25, 0.3) is 5.57 Å². The zero-order valence-corrected chi connectivity index (χ0v) is 14.9. The molecule has 1 amide bonds. The van der Waals surface area contributed by atoms with Crippen molar-refractivity contribution >= 4 is 11.5 Å². The lowest BCUT2D eigenvalue weighted by atomic mass is 9.99. The maximum Gasteiger partial charge on any atom is 0.278 e. The van der Waals surface area contributed by atoms with Gasteiger partial charge in [0.05, 0.1) is 13.1 Å². The molecule has 1 aliphatic rings. The molecule has 3 nitrogen and oxygen atoms in total. The molecule has 25 heavy (non-hydrogen) atoms. The highest BCUT2D eigenvalue weighted by atomic mass is 16.2. The van der Waals surface area contributed by atoms with E-state index in [2.05, 4.69) is 47.8 Å². The van der Waals surface area contributed by atoms with Crippen LogP contribution in [0, 0.1) is 0 Å². The summed E-state index contributed by atoms with van der Waals surface area (Å²) in [7, 11) is 0. The topological polar surface area (TPSA) is 33.5 Å². The fourth-order valence-electron chi connectivity index (χ4n) is 3.37. The molecule has 3 heteroatoms. The standard InChI is InChI=1S/C22H26N2O/c1-18(22(25)23-15-12-19-8-4-2-5-9-19)24-16-13-21(14-17-24)20-10-6-3-7-11-20/h2-11,13,18H,12,14-17H2,1H3,(H,23,25)/p+1/t18-/m0/s1. The number of amides is 1. The highest BCUT2D eigenvalue weighted by Crippen LogP contribution is 2.17. The molecular weight excluding hydrogens is 308 g/mol. The Morgan fingerprint density at radius 3 is 2.40 bits per heavy atom. The van der Waals surface area contributed by atoms with Crippen LogP contribution in [0.2, 0.25) is 0 Å². The highest BCUT2D eigenvalue weighted by molar-refractivity contribution is 5.80. The van der Waals surface area contributed by atoms with E-state index in [1.807, 2.05) is 31.2 Å². The van der Waals surface area contributed by atoms with Gasteiger partial charge in [-0.1, -0.05) is 60.7 Å². The highest BCUT2D eigenvalue weighted by Gasteiger charge is 2.26. The molecule has 2 N–H and O–H groups in total. The van der Waals surface area contributed by atoms with Crippen LogP contribution in [0.15, 0.2) is 66.7 Å². The summed E-state index contributed by atoms with van der Waals surface area (Å²) >= 11 is 0. The van der Waals surface area contributed by atoms with Crippen LogP contribution in [0.1, 0.15) is 24.5 Å². The molecule has 0 aromatic heterocycles. The zero-order valence-electron chi connectivity index (χ0n) is 14.9. The molecule has 0 aliphatic carbocycles. The smallest absolute Gasteiger partial charge is 0.278 e. The summed E-state index contributed by atoms with van der Waals surface area (Å²) in [5, 5.41) is 3.09. The normalized spacial score (nSPS) is 18.3. The van der Waals surface area contributed by atoms with Gasteiger partial charge in [-0.25, -0.2) is 0 Å². The summed E-state index contributed by atoms with van der Waals surface area (Å²) in [6.07, 6.45) is 4.20. The summed E-state index contributed by atoms with van der Waals surface area (Å²) in [5.74, 6) is 0.155. The van der Waals surface area contributed by atoms with Crippen LogP contribution in [0.5, 0.6) is 0 Å². The second-order valence-electron chi connectivity index (χ2n) is 6.71. The fraction of sp³-hybridized carbons (Fsp3) is 0.318. The molecule has 0 saturated heterocycles. The molecule has 1 aliphatic heterocycles. The second kappa shape index (κ2) is 8.63. The number of carbonyl (C=O) groups excluding carboxylic acids is 1. The summed E-state index contributed by atoms with van der Waals surface area (Å²) in [6.45, 7) is 4.66. The first-order chi connectivity index (χ1) is 12.2. The minimum atomic E-state index is -0.00986. The van der Waals surface area contributed by atoms with Crippen molar-refractivity contribution in [3.8, 4) is 0 Å². The molecule has 1 heterocycles. The zero-order chi connectivity index (χ0) is 17.5. The number of nitrogens with one attached hydrogen (secondary N) is 2. The van der Waals surface area contributed by atoms with Gasteiger partial charge in [0, 0.05) is 13.0 Å². The van der Waals surface area contributed by atoms with E-state index in [0.29, 0.717) is 6.54 Å². The molecule has 1 unspecified atom stereocenters. The van der Waals surface area contributed by atoms with Gasteiger partial charge in [0.1, 0.15) is 0 Å². The Bertz CT molecular complexity index is 709. The van der Waals surface area contributed by atoms with E-state index >= 15 is 0 Å². The van der Waals surface area contributed by atoms with Gasteiger partial charge < -0.3 is 10.2 Å². The van der Waals surface area contributed by atoms with Gasteiger partial charge in [-0.05, 0) is 36.1 Å². The van der Waals surface area contributed by atoms with Gasteiger partial charge in [0.25, 0.3) is 5.91 Å². The van der Waals surface area contributed by atoms with Crippen molar-refractivity contribution in [3.63, 3.8) is 0 Å². The molecule has 3 rings (SSSR count). The first kappa shape index (κ1) is 17.4. The minimum absolute atomic E-state index is 0.00986. The Hall–Kier alpha value is -2.39. The maximum absolute atomic E-state index is 12.4. The lowest BCUT2D eigenvalue weighted by molar-refractivity contribution is -0.909. The van der Waals surface area contributed by atoms with E-state index in [1.54, 1.807) is 0 Å². The van der Waals surface area contributed by atoms with Crippen molar-refractivity contribution in [3.05, 3.63) is 77.9 Å². The van der Waals surface area contributed by atoms with Crippen molar-refractivity contribution in [1.82, 2.24) is 5.32 Å². The molecule has 130 valence electrons. The first-order valence-corrected chi connectivity index (χ1v) is 9.14. The van der Waals surface area contributed by atoms with Crippen LogP contribution < -0.4 is 10.2 Å². The van der Waals surface area contributed by atoms with E-state index in [-0.39, 0.29) is 11.9 Å². The van der Waals surface area contributed by atoms with Crippen LogP contribution in [0.4, 0.5) is 0 Å². The Morgan fingerprint density at radius 2 is 1.76 bits per heavy atom. The van der Waals surface area contributed by atoms with Gasteiger partial charge in [0.2, 0.25) is 0 Å². The second-order valence-corrected chi connectivity index (χ2v) is 6.71. The van der Waals surface area contributed by atoms with Crippen molar-refractivity contribution in [1.29, 1.82) is 0 Å². The summed E-state index contributed by atoms with van der Waals surface area (Å²) in [6, 6.07) is 20.8. The van der Waals surface area contributed by atoms with E-state index in [0.717, 1.165) is 25.9 Å². The summed E-state index contributed by atoms with van der Waals surface area (Å²) in [4.78, 5) is 13.8. The quantitative estimate of drug-likeness (QED) is 0.833. The number of rotatable bonds is 6. The largest absolute Gasteiger partial charge is 0.351 e. The van der Waals surface area contributed by atoms with Gasteiger partial charge >= 0.3 is 0 Å². The van der Waals surface area contributed by atoms with Crippen LogP contribution in [-0.4, -0.2) is 31.6 Å². The molecule has 0 fully saturated rings. The maximum atomic E-state index is 12.4. The average molecular weight is 335 g/mol. The van der Waals surface area contributed by atoms with E-state index < -0.39 is 0 Å². The molecule has 2 aromatic carbocycles. The predicted molar refractivity (Wildman–Crippen MR) is 102 cm³/mol. The number of benzene rings is 2. The minimum Gasteiger partial charge on any atom is -0.351 e. The lowest BCUT2D eigenvalue weighted by Gasteiger charge is -2.28. The Balaban J connectivity index is 1.47. The monoisotopic (exact) mass is 335 g/mol. The molecule has 0 radical (unpaired) electrons. The van der Waals surface area contributed by atoms with Gasteiger partial charge in [-0.3, -0.25) is 4.79 Å². The third-order valence-electron chi connectivity index (χ3n) is 5.03. The SMILES string of the molecule is C[C@@H](C(=O)NCCc1ccccc1)[NH+]1CC=C(c2ccccc2)CC1. The third-order valence-corrected chi connectivity index (χ3v) is 5.03. The summed E-state index contributed by atoms with van der Waals surface area (Å²) < 4.78 is 0. The predicted octanol–water partition coefficient (Wildman–Crippen LogP) is 2.11. The Morgan fingerprint density at radius 1 is 1.08 bits per heavy atom. The summed E-state index contributed by atoms with van der Waals surface area (Å²) in [5.41, 5.74) is 3.97. The van der Waals surface area contributed by atoms with Gasteiger partial charge in [-0.15, -0.1) is 0 Å². The van der Waals surface area contributed by atoms with Crippen LogP contribution >= 0.6 is 0 Å². The Kier molecular flexibility index (Phi) is 6.02. The molecular formula is C22H27N2O+. The third kappa shape index (κ3) is 4.80. The fourth-order valence-corrected chi connectivity index (χ4v) is 3.37. The van der Waals surface area contributed by atoms with E-state index in [4.69, 9.17) is 0 Å². The number of hydrogen-bond acceptors (Lipinski definition) is 1. The van der Waals surface area contributed by atoms with Crippen molar-refractivity contribution < 1.29 is 9.69 Å². The van der Waals surface area contributed by atoms with Gasteiger partial charge in [-0.2, -0.15) is 0 Å². The molecule has 0 bridgehead atoms. The van der Waals surface area contributed by atoms with Crippen LogP contribution in [-0.2, 0) is 11.2 Å². The first-order valence-electron chi connectivity index (χ1n) is 9.14. The van der Waals surface area contributed by atoms with Crippen molar-refractivity contribution in [2.75, 3.05) is 19.6 Å². The van der Waals surface area contributed by atoms with E-state index in [1.165, 1.54) is 21.6 Å². The number of hydrogen-bond donors (Lipinski definition) is 2. The van der Waals surface area contributed by atoms with Crippen LogP contribution in [0.3, 0.4) is 0 Å². The molecule has 2 aromatic rings. The Labute approximate surface area is 150 Å². The number of quaternary nitrogens is 1. The van der Waals surface area contributed by atoms with Crippen molar-refractivity contribution in [2.45, 2.75) is 25.8 Å². The lowest BCUT2D eigenvalue weighted by Crippen LogP contribution is -3.17. The molecule has 0 saturated carbocycles. The average Bonchev–Trinajstić information content (AvgIpc) is 2.69. The van der Waals surface area contributed by atoms with E-state index in [9.17, 15) is 4.79 Å². The number of carbonyl (C=O) groups is 1. The van der Waals surface area contributed by atoms with Crippen molar-refractivity contribution in [2.24, 2.45) is 0 Å². The van der Waals surface area contributed by atoms with Gasteiger partial charge in [0.15, 0.2) is 6.04 Å².